The molecule has 2 N–H and O–H groups in total. The number of likely N-dealkylation sites (N-methyl/N-ethyl adjacent to an activating group) is 1. The Bertz CT molecular complexity index is 806. The van der Waals surface area contributed by atoms with Crippen LogP contribution in [0.1, 0.15) is 38.4 Å². The summed E-state index contributed by atoms with van der Waals surface area (Å²) in [4.78, 5) is 4.53. The van der Waals surface area contributed by atoms with Gasteiger partial charge >= 0.3 is 0 Å². The number of piperidine rings is 1. The van der Waals surface area contributed by atoms with Gasteiger partial charge in [-0.2, -0.15) is 5.10 Å². The van der Waals surface area contributed by atoms with E-state index in [1.807, 2.05) is 12.1 Å². The molecule has 1 saturated heterocycles. The first-order valence-electron chi connectivity index (χ1n) is 9.58. The van der Waals surface area contributed by atoms with Gasteiger partial charge in [0.2, 0.25) is 0 Å². The lowest BCUT2D eigenvalue weighted by atomic mass is 9.68. The van der Waals surface area contributed by atoms with Gasteiger partial charge in [0.25, 0.3) is 0 Å². The van der Waals surface area contributed by atoms with E-state index in [0.717, 1.165) is 48.9 Å². The normalized spacial score (nSPS) is 17.7. The molecule has 2 aromatic rings. The number of aliphatic hydroxyl groups excluding tert-OH is 1. The number of H-pyrrole nitrogens is 1. The van der Waals surface area contributed by atoms with Crippen LogP contribution >= 0.6 is 11.6 Å². The van der Waals surface area contributed by atoms with Crippen molar-refractivity contribution in [1.29, 1.82) is 0 Å². The highest BCUT2D eigenvalue weighted by Gasteiger charge is 2.39. The molecule has 3 rings (SSSR count). The number of likely N-dealkylation sites (tertiary alicyclic amines) is 1. The van der Waals surface area contributed by atoms with Crippen LogP contribution < -0.4 is 0 Å². The first-order chi connectivity index (χ1) is 12.7. The summed E-state index contributed by atoms with van der Waals surface area (Å²) in [5.41, 5.74) is 2.61. The highest BCUT2D eigenvalue weighted by Crippen LogP contribution is 2.46. The molecule has 0 aliphatic carbocycles. The highest BCUT2D eigenvalue weighted by atomic mass is 35.5. The minimum Gasteiger partial charge on any atom is -0.388 e. The maximum absolute atomic E-state index is 11.3. The summed E-state index contributed by atoms with van der Waals surface area (Å²) in [5, 5.41) is 20.0. The van der Waals surface area contributed by atoms with E-state index in [9.17, 15) is 5.11 Å². The molecule has 0 amide bonds. The monoisotopic (exact) mass is 390 g/mol. The van der Waals surface area contributed by atoms with Crippen molar-refractivity contribution >= 4 is 22.5 Å². The van der Waals surface area contributed by atoms with Crippen molar-refractivity contribution in [2.24, 2.45) is 11.3 Å². The van der Waals surface area contributed by atoms with Crippen molar-refractivity contribution in [1.82, 2.24) is 20.0 Å². The van der Waals surface area contributed by atoms with Crippen molar-refractivity contribution in [2.75, 3.05) is 33.7 Å². The molecule has 0 unspecified atom stereocenters. The SMILES string of the molecule is C=C(CN(C)C)N1CCC(C(C)(C)[C@H](O)c2cc(Cl)cc3cn[nH]c23)CC1. The van der Waals surface area contributed by atoms with Crippen LogP contribution in [0.5, 0.6) is 0 Å². The molecule has 0 spiro atoms. The van der Waals surface area contributed by atoms with Crippen LogP contribution in [0.4, 0.5) is 0 Å². The quantitative estimate of drug-likeness (QED) is 0.780. The minimum absolute atomic E-state index is 0.266. The maximum atomic E-state index is 11.3. The number of benzene rings is 1. The number of aromatic nitrogens is 2. The molecule has 1 aliphatic rings. The summed E-state index contributed by atoms with van der Waals surface area (Å²) in [7, 11) is 4.14. The van der Waals surface area contributed by atoms with Crippen LogP contribution in [0.15, 0.2) is 30.6 Å². The highest BCUT2D eigenvalue weighted by molar-refractivity contribution is 6.31. The molecule has 6 heteroatoms. The van der Waals surface area contributed by atoms with E-state index in [2.05, 4.69) is 54.5 Å². The van der Waals surface area contributed by atoms with E-state index >= 15 is 0 Å². The molecule has 1 aromatic carbocycles. The molecule has 1 atom stereocenters. The molecule has 0 saturated carbocycles. The number of nitrogens with one attached hydrogen (secondary N) is 1. The van der Waals surface area contributed by atoms with Gasteiger partial charge in [-0.3, -0.25) is 5.10 Å². The molecule has 148 valence electrons. The van der Waals surface area contributed by atoms with Crippen molar-refractivity contribution < 1.29 is 5.11 Å². The van der Waals surface area contributed by atoms with Gasteiger partial charge in [-0.1, -0.05) is 32.0 Å². The second-order valence-electron chi connectivity index (χ2n) is 8.62. The molecular weight excluding hydrogens is 360 g/mol. The van der Waals surface area contributed by atoms with E-state index in [4.69, 9.17) is 11.6 Å². The number of hydrogen-bond donors (Lipinski definition) is 2. The third-order valence-corrected chi connectivity index (χ3v) is 6.25. The zero-order chi connectivity index (χ0) is 19.8. The number of aromatic amines is 1. The maximum Gasteiger partial charge on any atom is 0.0864 e. The Hall–Kier alpha value is -1.56. The van der Waals surface area contributed by atoms with Crippen molar-refractivity contribution in [3.8, 4) is 0 Å². The predicted molar refractivity (Wildman–Crippen MR) is 112 cm³/mol. The Balaban J connectivity index is 1.74. The van der Waals surface area contributed by atoms with Crippen LogP contribution in [0.25, 0.3) is 10.9 Å². The Morgan fingerprint density at radius 2 is 2.07 bits per heavy atom. The minimum atomic E-state index is -0.610. The molecule has 0 radical (unpaired) electrons. The van der Waals surface area contributed by atoms with Crippen molar-refractivity contribution in [3.05, 3.63) is 41.2 Å². The lowest BCUT2D eigenvalue weighted by molar-refractivity contribution is -0.0154. The standard InChI is InChI=1S/C21H31ClN4O/c1-14(13-25(4)5)26-8-6-16(7-9-26)21(2,3)20(27)18-11-17(22)10-15-12-23-24-19(15)18/h10-12,16,20,27H,1,6-9,13H2,2-5H3,(H,23,24)/t20-/m1/s1. The fourth-order valence-corrected chi connectivity index (χ4v) is 4.53. The Morgan fingerprint density at radius 1 is 1.41 bits per heavy atom. The summed E-state index contributed by atoms with van der Waals surface area (Å²) < 4.78 is 0. The number of aliphatic hydroxyl groups is 1. The molecular formula is C21H31ClN4O. The summed E-state index contributed by atoms with van der Waals surface area (Å²) in [6, 6.07) is 3.74. The molecule has 27 heavy (non-hydrogen) atoms. The van der Waals surface area contributed by atoms with Crippen LogP contribution in [-0.4, -0.2) is 58.8 Å². The van der Waals surface area contributed by atoms with Crippen LogP contribution in [-0.2, 0) is 0 Å². The first kappa shape index (κ1) is 20.2. The van der Waals surface area contributed by atoms with Gasteiger partial charge in [0.05, 0.1) is 17.8 Å². The van der Waals surface area contributed by atoms with Crippen LogP contribution in [0, 0.1) is 11.3 Å². The lowest BCUT2D eigenvalue weighted by Gasteiger charge is -2.44. The fraction of sp³-hybridized carbons (Fsp3) is 0.571. The molecule has 1 fully saturated rings. The molecule has 1 aliphatic heterocycles. The van der Waals surface area contributed by atoms with Gasteiger partial charge in [0.1, 0.15) is 0 Å². The second-order valence-corrected chi connectivity index (χ2v) is 9.05. The van der Waals surface area contributed by atoms with E-state index in [0.29, 0.717) is 10.9 Å². The molecule has 5 nitrogen and oxygen atoms in total. The summed E-state index contributed by atoms with van der Waals surface area (Å²) in [6.07, 6.45) is 3.23. The first-order valence-corrected chi connectivity index (χ1v) is 9.96. The topological polar surface area (TPSA) is 55.4 Å². The molecule has 1 aromatic heterocycles. The number of halogens is 1. The number of nitrogens with zero attached hydrogens (tertiary/aromatic N) is 3. The number of fused-ring (bicyclic) bond motifs is 1. The smallest absolute Gasteiger partial charge is 0.0864 e. The number of rotatable bonds is 6. The van der Waals surface area contributed by atoms with Crippen molar-refractivity contribution in [2.45, 2.75) is 32.8 Å². The van der Waals surface area contributed by atoms with Crippen molar-refractivity contribution in [3.63, 3.8) is 0 Å². The van der Waals surface area contributed by atoms with E-state index in [-0.39, 0.29) is 5.41 Å². The molecule has 2 heterocycles. The van der Waals surface area contributed by atoms with E-state index < -0.39 is 6.10 Å². The van der Waals surface area contributed by atoms with Crippen LogP contribution in [0.3, 0.4) is 0 Å². The lowest BCUT2D eigenvalue weighted by Crippen LogP contribution is -2.42. The summed E-state index contributed by atoms with van der Waals surface area (Å²) >= 11 is 6.28. The third kappa shape index (κ3) is 4.15. The van der Waals surface area contributed by atoms with Gasteiger partial charge in [-0.15, -0.1) is 0 Å². The zero-order valence-corrected chi connectivity index (χ0v) is 17.6. The average Bonchev–Trinajstić information content (AvgIpc) is 3.08. The van der Waals surface area contributed by atoms with Gasteiger partial charge in [0.15, 0.2) is 0 Å². The Morgan fingerprint density at radius 3 is 2.70 bits per heavy atom. The largest absolute Gasteiger partial charge is 0.388 e. The summed E-state index contributed by atoms with van der Waals surface area (Å²) in [6.45, 7) is 11.4. The predicted octanol–water partition coefficient (Wildman–Crippen LogP) is 4.06. The van der Waals surface area contributed by atoms with Crippen LogP contribution in [0.2, 0.25) is 5.02 Å². The second kappa shape index (κ2) is 7.82. The number of hydrogen-bond acceptors (Lipinski definition) is 4. The summed E-state index contributed by atoms with van der Waals surface area (Å²) in [5.74, 6) is 0.424. The Labute approximate surface area is 167 Å². The van der Waals surface area contributed by atoms with Gasteiger partial charge < -0.3 is 14.9 Å². The van der Waals surface area contributed by atoms with E-state index in [1.54, 1.807) is 6.20 Å². The average molecular weight is 391 g/mol. The Kier molecular flexibility index (Phi) is 5.84. The molecule has 0 bridgehead atoms. The van der Waals surface area contributed by atoms with Gasteiger partial charge in [0, 0.05) is 41.3 Å². The zero-order valence-electron chi connectivity index (χ0n) is 16.8. The van der Waals surface area contributed by atoms with E-state index in [1.165, 1.54) is 5.70 Å². The van der Waals surface area contributed by atoms with Gasteiger partial charge in [-0.05, 0) is 50.4 Å². The third-order valence-electron chi connectivity index (χ3n) is 6.04. The van der Waals surface area contributed by atoms with Gasteiger partial charge in [-0.25, -0.2) is 0 Å². The fourth-order valence-electron chi connectivity index (χ4n) is 4.29.